The largest absolute Gasteiger partial charge is 0.497 e. The topological polar surface area (TPSA) is 77.1 Å². The lowest BCUT2D eigenvalue weighted by molar-refractivity contribution is -0.120. The van der Waals surface area contributed by atoms with Gasteiger partial charge in [-0.25, -0.2) is 4.90 Å². The Morgan fingerprint density at radius 3 is 2.34 bits per heavy atom. The van der Waals surface area contributed by atoms with Crippen molar-refractivity contribution in [1.82, 2.24) is 0 Å². The quantitative estimate of drug-likeness (QED) is 0.580. The SMILES string of the molecule is COc1ccc(N2C(=O)C(Nc3ccc4c(c3)OCO4)=C(c3ccc(Cl)cc3)C2=O)cc1. The van der Waals surface area contributed by atoms with Gasteiger partial charge in [-0.3, -0.25) is 9.59 Å². The molecule has 2 aliphatic heterocycles. The zero-order valence-electron chi connectivity index (χ0n) is 16.9. The number of halogens is 1. The number of fused-ring (bicyclic) bond motifs is 1. The van der Waals surface area contributed by atoms with Crippen LogP contribution >= 0.6 is 11.6 Å². The molecule has 0 aliphatic carbocycles. The van der Waals surface area contributed by atoms with Gasteiger partial charge in [0.15, 0.2) is 11.5 Å². The lowest BCUT2D eigenvalue weighted by Crippen LogP contribution is -2.32. The molecule has 0 spiro atoms. The number of nitrogens with zero attached hydrogens (tertiary/aromatic N) is 1. The van der Waals surface area contributed by atoms with E-state index < -0.39 is 11.8 Å². The molecule has 2 amide bonds. The van der Waals surface area contributed by atoms with Crippen LogP contribution in [0.2, 0.25) is 5.02 Å². The number of anilines is 2. The number of imide groups is 1. The molecule has 0 saturated heterocycles. The van der Waals surface area contributed by atoms with Crippen LogP contribution in [0, 0.1) is 0 Å². The molecule has 160 valence electrons. The zero-order chi connectivity index (χ0) is 22.2. The van der Waals surface area contributed by atoms with E-state index >= 15 is 0 Å². The van der Waals surface area contributed by atoms with Crippen molar-refractivity contribution in [2.75, 3.05) is 24.1 Å². The minimum absolute atomic E-state index is 0.139. The molecule has 7 nitrogen and oxygen atoms in total. The van der Waals surface area contributed by atoms with Crippen LogP contribution in [0.25, 0.3) is 5.57 Å². The molecule has 0 radical (unpaired) electrons. The fourth-order valence-corrected chi connectivity index (χ4v) is 3.74. The highest BCUT2D eigenvalue weighted by Gasteiger charge is 2.40. The molecular formula is C24H17ClN2O5. The molecule has 0 bridgehead atoms. The fraction of sp³-hybridized carbons (Fsp3) is 0.0833. The van der Waals surface area contributed by atoms with E-state index in [0.717, 1.165) is 4.90 Å². The molecule has 0 atom stereocenters. The van der Waals surface area contributed by atoms with Crippen molar-refractivity contribution in [3.63, 3.8) is 0 Å². The van der Waals surface area contributed by atoms with Gasteiger partial charge in [-0.05, 0) is 54.1 Å². The molecule has 3 aromatic rings. The number of carbonyl (C=O) groups is 2. The van der Waals surface area contributed by atoms with Gasteiger partial charge in [0.05, 0.1) is 18.4 Å². The van der Waals surface area contributed by atoms with Crippen molar-refractivity contribution in [3.05, 3.63) is 83.0 Å². The summed E-state index contributed by atoms with van der Waals surface area (Å²) >= 11 is 6.03. The molecule has 2 aliphatic rings. The van der Waals surface area contributed by atoms with Crippen LogP contribution < -0.4 is 24.4 Å². The molecule has 8 heteroatoms. The Labute approximate surface area is 188 Å². The predicted octanol–water partition coefficient (Wildman–Crippen LogP) is 4.47. The van der Waals surface area contributed by atoms with Crippen LogP contribution in [-0.4, -0.2) is 25.7 Å². The van der Waals surface area contributed by atoms with Crippen LogP contribution in [0.15, 0.2) is 72.4 Å². The molecule has 2 heterocycles. The van der Waals surface area contributed by atoms with Gasteiger partial charge in [0.25, 0.3) is 11.8 Å². The molecule has 0 fully saturated rings. The van der Waals surface area contributed by atoms with Crippen LogP contribution in [0.1, 0.15) is 5.56 Å². The summed E-state index contributed by atoms with van der Waals surface area (Å²) in [5, 5.41) is 3.64. The Morgan fingerprint density at radius 2 is 1.62 bits per heavy atom. The maximum atomic E-state index is 13.4. The van der Waals surface area contributed by atoms with E-state index in [1.807, 2.05) is 0 Å². The lowest BCUT2D eigenvalue weighted by atomic mass is 10.0. The summed E-state index contributed by atoms with van der Waals surface area (Å²) in [7, 11) is 1.55. The number of benzene rings is 3. The summed E-state index contributed by atoms with van der Waals surface area (Å²) in [5.41, 5.74) is 2.02. The van der Waals surface area contributed by atoms with E-state index in [1.54, 1.807) is 73.8 Å². The number of methoxy groups -OCH3 is 1. The van der Waals surface area contributed by atoms with E-state index in [4.69, 9.17) is 25.8 Å². The van der Waals surface area contributed by atoms with Gasteiger partial charge < -0.3 is 19.5 Å². The summed E-state index contributed by atoms with van der Waals surface area (Å²) in [6.07, 6.45) is 0. The Hall–Kier alpha value is -3.97. The Balaban J connectivity index is 1.57. The number of rotatable bonds is 5. The molecule has 3 aromatic carbocycles. The summed E-state index contributed by atoms with van der Waals surface area (Å²) in [5.74, 6) is 0.898. The van der Waals surface area contributed by atoms with E-state index in [-0.39, 0.29) is 18.1 Å². The van der Waals surface area contributed by atoms with Crippen molar-refractivity contribution in [3.8, 4) is 17.2 Å². The number of hydrogen-bond acceptors (Lipinski definition) is 6. The van der Waals surface area contributed by atoms with Gasteiger partial charge >= 0.3 is 0 Å². The molecule has 0 aromatic heterocycles. The average molecular weight is 449 g/mol. The van der Waals surface area contributed by atoms with Crippen LogP contribution in [-0.2, 0) is 9.59 Å². The van der Waals surface area contributed by atoms with Crippen LogP contribution in [0.4, 0.5) is 11.4 Å². The number of ether oxygens (including phenoxy) is 3. The molecule has 0 unspecified atom stereocenters. The highest BCUT2D eigenvalue weighted by molar-refractivity contribution is 6.46. The first kappa shape index (κ1) is 20.0. The highest BCUT2D eigenvalue weighted by atomic mass is 35.5. The van der Waals surface area contributed by atoms with Gasteiger partial charge in [-0.1, -0.05) is 23.7 Å². The second kappa shape index (κ2) is 7.94. The molecular weight excluding hydrogens is 432 g/mol. The van der Waals surface area contributed by atoms with E-state index in [1.165, 1.54) is 0 Å². The first-order chi connectivity index (χ1) is 15.5. The van der Waals surface area contributed by atoms with Gasteiger partial charge in [0, 0.05) is 16.8 Å². The summed E-state index contributed by atoms with van der Waals surface area (Å²) in [6, 6.07) is 18.7. The van der Waals surface area contributed by atoms with Crippen molar-refractivity contribution in [1.29, 1.82) is 0 Å². The molecule has 0 saturated carbocycles. The summed E-state index contributed by atoms with van der Waals surface area (Å²) < 4.78 is 15.9. The Morgan fingerprint density at radius 1 is 0.906 bits per heavy atom. The second-order valence-electron chi connectivity index (χ2n) is 7.09. The van der Waals surface area contributed by atoms with Crippen molar-refractivity contribution in [2.24, 2.45) is 0 Å². The van der Waals surface area contributed by atoms with Crippen molar-refractivity contribution >= 4 is 40.4 Å². The van der Waals surface area contributed by atoms with Gasteiger partial charge in [0.1, 0.15) is 11.4 Å². The third kappa shape index (κ3) is 3.42. The molecule has 5 rings (SSSR count). The average Bonchev–Trinajstić information content (AvgIpc) is 3.37. The monoisotopic (exact) mass is 448 g/mol. The van der Waals surface area contributed by atoms with E-state index in [0.29, 0.717) is 39.2 Å². The van der Waals surface area contributed by atoms with Crippen molar-refractivity contribution < 1.29 is 23.8 Å². The minimum Gasteiger partial charge on any atom is -0.497 e. The maximum Gasteiger partial charge on any atom is 0.282 e. The van der Waals surface area contributed by atoms with Crippen molar-refractivity contribution in [2.45, 2.75) is 0 Å². The highest BCUT2D eigenvalue weighted by Crippen LogP contribution is 2.38. The van der Waals surface area contributed by atoms with Gasteiger partial charge in [0.2, 0.25) is 6.79 Å². The zero-order valence-corrected chi connectivity index (χ0v) is 17.7. The molecule has 32 heavy (non-hydrogen) atoms. The minimum atomic E-state index is -0.470. The maximum absolute atomic E-state index is 13.4. The normalized spacial score (nSPS) is 14.9. The standard InChI is InChI=1S/C24H17ClN2O5/c1-30-18-9-7-17(8-10-18)27-23(28)21(14-2-4-15(25)5-3-14)22(24(27)29)26-16-6-11-19-20(12-16)32-13-31-19/h2-12,26H,13H2,1H3. The third-order valence-corrected chi connectivity index (χ3v) is 5.44. The van der Waals surface area contributed by atoms with E-state index in [2.05, 4.69) is 5.32 Å². The van der Waals surface area contributed by atoms with Crippen LogP contribution in [0.3, 0.4) is 0 Å². The first-order valence-corrected chi connectivity index (χ1v) is 10.1. The smallest absolute Gasteiger partial charge is 0.282 e. The number of carbonyl (C=O) groups excluding carboxylic acids is 2. The fourth-order valence-electron chi connectivity index (χ4n) is 3.61. The third-order valence-electron chi connectivity index (χ3n) is 5.19. The lowest BCUT2D eigenvalue weighted by Gasteiger charge is -2.16. The number of hydrogen-bond donors (Lipinski definition) is 1. The Bertz CT molecular complexity index is 1250. The summed E-state index contributed by atoms with van der Waals surface area (Å²) in [6.45, 7) is 0.139. The Kier molecular flexibility index (Phi) is 4.95. The van der Waals surface area contributed by atoms with Gasteiger partial charge in [-0.2, -0.15) is 0 Å². The number of amides is 2. The van der Waals surface area contributed by atoms with Crippen LogP contribution in [0.5, 0.6) is 17.2 Å². The molecule has 1 N–H and O–H groups in total. The second-order valence-corrected chi connectivity index (χ2v) is 7.53. The van der Waals surface area contributed by atoms with Gasteiger partial charge in [-0.15, -0.1) is 0 Å². The predicted molar refractivity (Wildman–Crippen MR) is 120 cm³/mol. The van der Waals surface area contributed by atoms with E-state index in [9.17, 15) is 9.59 Å². The first-order valence-electron chi connectivity index (χ1n) is 9.75. The number of nitrogens with one attached hydrogen (secondary N) is 1. The summed E-state index contributed by atoms with van der Waals surface area (Å²) in [4.78, 5) is 28.0.